The number of nitrogens with one attached hydrogen (secondary N) is 1. The second kappa shape index (κ2) is 10.4. The van der Waals surface area contributed by atoms with E-state index in [-0.39, 0.29) is 39.3 Å². The van der Waals surface area contributed by atoms with Gasteiger partial charge < -0.3 is 0 Å². The van der Waals surface area contributed by atoms with E-state index in [4.69, 9.17) is 34.8 Å². The molecule has 3 aromatic carbocycles. The van der Waals surface area contributed by atoms with Crippen LogP contribution in [0.15, 0.2) is 82.6 Å². The zero-order valence-electron chi connectivity index (χ0n) is 16.6. The maximum absolute atomic E-state index is 13.3. The molecule has 11 heteroatoms. The van der Waals surface area contributed by atoms with Gasteiger partial charge in [0.15, 0.2) is 0 Å². The minimum atomic E-state index is -3.92. The van der Waals surface area contributed by atoms with Gasteiger partial charge in [0.25, 0.3) is 10.0 Å². The second-order valence-electron chi connectivity index (χ2n) is 6.69. The van der Waals surface area contributed by atoms with Gasteiger partial charge in [0.05, 0.1) is 15.6 Å². The normalized spacial score (nSPS) is 12.0. The highest BCUT2D eigenvalue weighted by molar-refractivity contribution is 7.92. The van der Waals surface area contributed by atoms with Gasteiger partial charge in [-0.15, -0.1) is 0 Å². The van der Waals surface area contributed by atoms with Gasteiger partial charge in [-0.2, -0.15) is 0 Å². The third-order valence-corrected chi connectivity index (χ3v) is 8.73. The molecule has 6 nitrogen and oxygen atoms in total. The van der Waals surface area contributed by atoms with Crippen molar-refractivity contribution in [2.45, 2.75) is 16.2 Å². The summed E-state index contributed by atoms with van der Waals surface area (Å²) in [5.74, 6) is 0. The Hall–Kier alpha value is -1.81. The smallest absolute Gasteiger partial charge is 0.264 e. The molecule has 0 radical (unpaired) electrons. The lowest BCUT2D eigenvalue weighted by Gasteiger charge is -2.24. The number of anilines is 1. The van der Waals surface area contributed by atoms with Crippen molar-refractivity contribution in [3.8, 4) is 0 Å². The van der Waals surface area contributed by atoms with Gasteiger partial charge in [0.2, 0.25) is 10.0 Å². The SMILES string of the molecule is O=S(=O)(NCCCN(c1ccccc1)S(=O)(=O)c1ccc(Cl)cc1)c1cc(Cl)ccc1Cl. The maximum Gasteiger partial charge on any atom is 0.264 e. The predicted molar refractivity (Wildman–Crippen MR) is 129 cm³/mol. The molecule has 1 N–H and O–H groups in total. The predicted octanol–water partition coefficient (Wildman–Crippen LogP) is 5.21. The van der Waals surface area contributed by atoms with Gasteiger partial charge in [0, 0.05) is 23.1 Å². The lowest BCUT2D eigenvalue weighted by Crippen LogP contribution is -2.34. The highest BCUT2D eigenvalue weighted by Gasteiger charge is 2.25. The highest BCUT2D eigenvalue weighted by atomic mass is 35.5. The van der Waals surface area contributed by atoms with Crippen LogP contribution in [0.25, 0.3) is 0 Å². The summed E-state index contributed by atoms with van der Waals surface area (Å²) in [6, 6.07) is 18.6. The van der Waals surface area contributed by atoms with Crippen LogP contribution in [0.3, 0.4) is 0 Å². The molecule has 0 aliphatic carbocycles. The minimum Gasteiger partial charge on any atom is -0.266 e. The first kappa shape index (κ1) is 24.8. The van der Waals surface area contributed by atoms with E-state index in [1.165, 1.54) is 46.8 Å². The molecule has 0 aromatic heterocycles. The van der Waals surface area contributed by atoms with Crippen molar-refractivity contribution < 1.29 is 16.8 Å². The van der Waals surface area contributed by atoms with E-state index in [2.05, 4.69) is 4.72 Å². The van der Waals surface area contributed by atoms with E-state index in [0.717, 1.165) is 0 Å². The number of rotatable bonds is 9. The van der Waals surface area contributed by atoms with Gasteiger partial charge in [-0.05, 0) is 61.0 Å². The average Bonchev–Trinajstić information content (AvgIpc) is 2.76. The Labute approximate surface area is 202 Å². The molecule has 170 valence electrons. The summed E-state index contributed by atoms with van der Waals surface area (Å²) in [5.41, 5.74) is 0.461. The molecule has 3 aromatic rings. The summed E-state index contributed by atoms with van der Waals surface area (Å²) in [6.45, 7) is 0.0332. The number of hydrogen-bond donors (Lipinski definition) is 1. The molecule has 0 saturated heterocycles. The van der Waals surface area contributed by atoms with Crippen LogP contribution in [0, 0.1) is 0 Å². The fourth-order valence-corrected chi connectivity index (χ4v) is 6.37. The number of halogens is 3. The van der Waals surface area contributed by atoms with E-state index in [1.54, 1.807) is 30.3 Å². The summed E-state index contributed by atoms with van der Waals surface area (Å²) < 4.78 is 55.3. The Bertz CT molecular complexity index is 1280. The van der Waals surface area contributed by atoms with Crippen LogP contribution < -0.4 is 9.03 Å². The minimum absolute atomic E-state index is 0.00928. The van der Waals surface area contributed by atoms with E-state index in [0.29, 0.717) is 10.7 Å². The van der Waals surface area contributed by atoms with Crippen molar-refractivity contribution in [2.24, 2.45) is 0 Å². The van der Waals surface area contributed by atoms with Gasteiger partial charge in [-0.3, -0.25) is 4.31 Å². The van der Waals surface area contributed by atoms with Crippen LogP contribution in [-0.4, -0.2) is 29.9 Å². The average molecular weight is 534 g/mol. The van der Waals surface area contributed by atoms with Crippen molar-refractivity contribution in [1.29, 1.82) is 0 Å². The molecular weight excluding hydrogens is 515 g/mol. The van der Waals surface area contributed by atoms with Crippen molar-refractivity contribution in [3.63, 3.8) is 0 Å². The third kappa shape index (κ3) is 5.95. The zero-order chi connectivity index (χ0) is 23.4. The molecule has 0 fully saturated rings. The van der Waals surface area contributed by atoms with Gasteiger partial charge in [-0.1, -0.05) is 53.0 Å². The quantitative estimate of drug-likeness (QED) is 0.383. The molecule has 0 unspecified atom stereocenters. The summed E-state index contributed by atoms with van der Waals surface area (Å²) in [4.78, 5) is -0.0580. The van der Waals surface area contributed by atoms with E-state index >= 15 is 0 Å². The molecule has 0 aliphatic rings. The van der Waals surface area contributed by atoms with Gasteiger partial charge >= 0.3 is 0 Å². The molecule has 0 saturated carbocycles. The molecule has 0 heterocycles. The molecule has 0 bridgehead atoms. The molecule has 32 heavy (non-hydrogen) atoms. The van der Waals surface area contributed by atoms with Crippen LogP contribution >= 0.6 is 34.8 Å². The Kier molecular flexibility index (Phi) is 8.08. The summed E-state index contributed by atoms with van der Waals surface area (Å²) >= 11 is 17.8. The lowest BCUT2D eigenvalue weighted by molar-refractivity contribution is 0.578. The first-order valence-corrected chi connectivity index (χ1v) is 13.4. The Morgan fingerprint density at radius 3 is 2.06 bits per heavy atom. The van der Waals surface area contributed by atoms with Crippen molar-refractivity contribution >= 4 is 60.5 Å². The standard InChI is InChI=1S/C21H19Cl3N2O4S2/c22-16-7-10-19(11-8-16)32(29,30)26(18-5-2-1-3-6-18)14-4-13-25-31(27,28)21-15-17(23)9-12-20(21)24/h1-3,5-12,15,25H,4,13-14H2. The molecule has 0 aliphatic heterocycles. The van der Waals surface area contributed by atoms with Crippen molar-refractivity contribution in [2.75, 3.05) is 17.4 Å². The fraction of sp³-hybridized carbons (Fsp3) is 0.143. The van der Waals surface area contributed by atoms with E-state index < -0.39 is 20.0 Å². The Morgan fingerprint density at radius 2 is 1.41 bits per heavy atom. The summed E-state index contributed by atoms with van der Waals surface area (Å²) in [5, 5.41) is 0.696. The molecule has 3 rings (SSSR count). The van der Waals surface area contributed by atoms with Gasteiger partial charge in [-0.25, -0.2) is 21.6 Å². The maximum atomic E-state index is 13.3. The molecular formula is C21H19Cl3N2O4S2. The molecule has 0 spiro atoms. The van der Waals surface area contributed by atoms with Gasteiger partial charge in [0.1, 0.15) is 4.90 Å². The number of sulfonamides is 2. The topological polar surface area (TPSA) is 83.6 Å². The number of para-hydroxylation sites is 1. The largest absolute Gasteiger partial charge is 0.266 e. The molecule has 0 atom stereocenters. The van der Waals surface area contributed by atoms with Crippen LogP contribution in [0.5, 0.6) is 0 Å². The first-order valence-electron chi connectivity index (χ1n) is 9.39. The monoisotopic (exact) mass is 532 g/mol. The summed E-state index contributed by atoms with van der Waals surface area (Å²) in [7, 11) is -7.81. The summed E-state index contributed by atoms with van der Waals surface area (Å²) in [6.07, 6.45) is 0.207. The number of benzene rings is 3. The number of hydrogen-bond acceptors (Lipinski definition) is 4. The highest BCUT2D eigenvalue weighted by Crippen LogP contribution is 2.26. The van der Waals surface area contributed by atoms with Crippen molar-refractivity contribution in [1.82, 2.24) is 4.72 Å². The van der Waals surface area contributed by atoms with Crippen LogP contribution in [0.2, 0.25) is 15.1 Å². The van der Waals surface area contributed by atoms with E-state index in [9.17, 15) is 16.8 Å². The lowest BCUT2D eigenvalue weighted by atomic mass is 10.3. The first-order chi connectivity index (χ1) is 15.1. The Balaban J connectivity index is 1.77. The Morgan fingerprint density at radius 1 is 0.781 bits per heavy atom. The second-order valence-corrected chi connectivity index (χ2v) is 11.6. The van der Waals surface area contributed by atoms with Crippen LogP contribution in [0.4, 0.5) is 5.69 Å². The zero-order valence-corrected chi connectivity index (χ0v) is 20.5. The fourth-order valence-electron chi connectivity index (χ4n) is 2.91. The third-order valence-electron chi connectivity index (χ3n) is 4.46. The molecule has 0 amide bonds. The number of nitrogens with zero attached hydrogens (tertiary/aromatic N) is 1. The van der Waals surface area contributed by atoms with E-state index in [1.807, 2.05) is 0 Å². The van der Waals surface area contributed by atoms with Crippen LogP contribution in [0.1, 0.15) is 6.42 Å². The van der Waals surface area contributed by atoms with Crippen LogP contribution in [-0.2, 0) is 20.0 Å². The van der Waals surface area contributed by atoms with Crippen molar-refractivity contribution in [3.05, 3.63) is 87.9 Å².